The highest BCUT2D eigenvalue weighted by atomic mass is 16.5. The first kappa shape index (κ1) is 20.1. The van der Waals surface area contributed by atoms with Crippen LogP contribution in [0.1, 0.15) is 38.5 Å². The Hall–Kier alpha value is -3.23. The highest BCUT2D eigenvalue weighted by molar-refractivity contribution is 6.08. The maximum Gasteiger partial charge on any atom is 0.322 e. The van der Waals surface area contributed by atoms with Crippen LogP contribution in [-0.4, -0.2) is 46.2 Å². The van der Waals surface area contributed by atoms with Gasteiger partial charge in [0, 0.05) is 23.0 Å². The van der Waals surface area contributed by atoms with E-state index in [4.69, 9.17) is 4.74 Å². The Balaban J connectivity index is 1.59. The summed E-state index contributed by atoms with van der Waals surface area (Å²) in [5.74, 6) is -0.355. The topological polar surface area (TPSA) is 122 Å². The predicted octanol–water partition coefficient (Wildman–Crippen LogP) is 1.77. The second kappa shape index (κ2) is 7.89. The number of hydrogen-bond acceptors (Lipinski definition) is 5. The number of carbonyl (C=O) groups is 3. The van der Waals surface area contributed by atoms with Crippen molar-refractivity contribution < 1.29 is 24.2 Å². The van der Waals surface area contributed by atoms with E-state index in [1.807, 2.05) is 0 Å². The summed E-state index contributed by atoms with van der Waals surface area (Å²) in [4.78, 5) is 37.3. The minimum Gasteiger partial charge on any atom is -0.497 e. The number of carbonyl (C=O) groups excluding carboxylic acids is 3. The lowest BCUT2D eigenvalue weighted by molar-refractivity contribution is -0.131. The number of methoxy groups -OCH3 is 1. The van der Waals surface area contributed by atoms with Crippen LogP contribution in [0.3, 0.4) is 0 Å². The van der Waals surface area contributed by atoms with Gasteiger partial charge in [-0.05, 0) is 31.0 Å². The van der Waals surface area contributed by atoms with Gasteiger partial charge in [0.05, 0.1) is 20.1 Å². The summed E-state index contributed by atoms with van der Waals surface area (Å²) in [6.45, 7) is -0.0779. The van der Waals surface area contributed by atoms with E-state index in [9.17, 15) is 19.5 Å². The zero-order valence-corrected chi connectivity index (χ0v) is 16.9. The number of urea groups is 1. The smallest absolute Gasteiger partial charge is 0.322 e. The minimum absolute atomic E-state index is 0.0649. The van der Waals surface area contributed by atoms with Crippen LogP contribution in [0.4, 0.5) is 4.79 Å². The molecule has 30 heavy (non-hydrogen) atoms. The fraction of sp³-hybridized carbons (Fsp3) is 0.476. The van der Waals surface area contributed by atoms with Crippen LogP contribution in [0.2, 0.25) is 0 Å². The van der Waals surface area contributed by atoms with Crippen molar-refractivity contribution in [2.45, 2.75) is 56.7 Å². The van der Waals surface area contributed by atoms with E-state index in [1.165, 1.54) is 18.1 Å². The molecule has 1 aliphatic heterocycles. The molecule has 4 amide bonds. The summed E-state index contributed by atoms with van der Waals surface area (Å²) in [6, 6.07) is 4.70. The quantitative estimate of drug-likeness (QED) is 0.537. The molecule has 4 rings (SSSR count). The number of hydrogen-bond donors (Lipinski definition) is 4. The molecule has 0 radical (unpaired) electrons. The second-order valence-electron chi connectivity index (χ2n) is 8.10. The Labute approximate surface area is 173 Å². The molecule has 2 aromatic rings. The average molecular weight is 414 g/mol. The predicted molar refractivity (Wildman–Crippen MR) is 109 cm³/mol. The van der Waals surface area contributed by atoms with Crippen molar-refractivity contribution in [1.29, 1.82) is 0 Å². The van der Waals surface area contributed by atoms with Crippen molar-refractivity contribution in [1.82, 2.24) is 20.5 Å². The van der Waals surface area contributed by atoms with Crippen LogP contribution in [0.15, 0.2) is 24.4 Å². The molecule has 1 saturated carbocycles. The fourth-order valence-electron chi connectivity index (χ4n) is 4.38. The Morgan fingerprint density at radius 2 is 2.07 bits per heavy atom. The molecule has 0 spiro atoms. The van der Waals surface area contributed by atoms with E-state index in [0.717, 1.165) is 31.1 Å². The van der Waals surface area contributed by atoms with Crippen molar-refractivity contribution in [2.75, 3.05) is 7.11 Å². The molecule has 2 heterocycles. The van der Waals surface area contributed by atoms with Crippen LogP contribution in [0.25, 0.3) is 10.8 Å². The largest absolute Gasteiger partial charge is 0.497 e. The molecule has 9 heteroatoms. The number of benzene rings is 1. The van der Waals surface area contributed by atoms with Gasteiger partial charge in [0.25, 0.3) is 5.91 Å². The third kappa shape index (κ3) is 3.79. The zero-order valence-electron chi connectivity index (χ0n) is 16.9. The molecule has 1 aromatic carbocycles. The SMILES string of the molecule is COc1ccc2cn(CC3(CC(=O)NC4CCCCC4)NC(=O)NC3=O)c(O)c2c1. The molecule has 2 fully saturated rings. The molecule has 9 nitrogen and oxygen atoms in total. The van der Waals surface area contributed by atoms with Crippen molar-refractivity contribution in [2.24, 2.45) is 0 Å². The first-order valence-electron chi connectivity index (χ1n) is 10.2. The van der Waals surface area contributed by atoms with E-state index in [0.29, 0.717) is 11.1 Å². The summed E-state index contributed by atoms with van der Waals surface area (Å²) in [7, 11) is 1.54. The van der Waals surface area contributed by atoms with Gasteiger partial charge in [-0.25, -0.2) is 4.79 Å². The molecule has 4 N–H and O–H groups in total. The van der Waals surface area contributed by atoms with Gasteiger partial charge in [0.2, 0.25) is 5.91 Å². The van der Waals surface area contributed by atoms with Gasteiger partial charge in [-0.3, -0.25) is 14.9 Å². The van der Waals surface area contributed by atoms with Gasteiger partial charge in [-0.1, -0.05) is 19.3 Å². The van der Waals surface area contributed by atoms with Gasteiger partial charge in [-0.2, -0.15) is 0 Å². The Morgan fingerprint density at radius 3 is 2.73 bits per heavy atom. The number of aromatic nitrogens is 1. The van der Waals surface area contributed by atoms with E-state index < -0.39 is 17.5 Å². The van der Waals surface area contributed by atoms with Crippen LogP contribution >= 0.6 is 0 Å². The van der Waals surface area contributed by atoms with Crippen molar-refractivity contribution >= 4 is 28.6 Å². The molecular weight excluding hydrogens is 388 g/mol. The monoisotopic (exact) mass is 414 g/mol. The van der Waals surface area contributed by atoms with E-state index >= 15 is 0 Å². The Bertz CT molecular complexity index is 995. The van der Waals surface area contributed by atoms with Crippen LogP contribution < -0.4 is 20.7 Å². The molecule has 1 aliphatic carbocycles. The van der Waals surface area contributed by atoms with Gasteiger partial charge in [0.15, 0.2) is 5.88 Å². The summed E-state index contributed by atoms with van der Waals surface area (Å²) in [5, 5.41) is 19.8. The molecular formula is C21H26N4O5. The number of amides is 4. The number of aromatic hydroxyl groups is 1. The fourth-order valence-corrected chi connectivity index (χ4v) is 4.38. The molecule has 1 aromatic heterocycles. The summed E-state index contributed by atoms with van der Waals surface area (Å²) < 4.78 is 6.68. The molecule has 0 bridgehead atoms. The maximum atomic E-state index is 12.7. The normalized spacial score (nSPS) is 22.0. The van der Waals surface area contributed by atoms with Crippen molar-refractivity contribution in [3.63, 3.8) is 0 Å². The third-order valence-electron chi connectivity index (χ3n) is 5.96. The average Bonchev–Trinajstić information content (AvgIpc) is 3.17. The number of rotatable bonds is 6. The number of fused-ring (bicyclic) bond motifs is 1. The summed E-state index contributed by atoms with van der Waals surface area (Å²) >= 11 is 0. The van der Waals surface area contributed by atoms with Gasteiger partial charge in [0.1, 0.15) is 11.3 Å². The molecule has 2 aliphatic rings. The molecule has 1 atom stereocenters. The summed E-state index contributed by atoms with van der Waals surface area (Å²) in [5.41, 5.74) is -1.48. The minimum atomic E-state index is -1.48. The summed E-state index contributed by atoms with van der Waals surface area (Å²) in [6.07, 6.45) is 6.62. The van der Waals surface area contributed by atoms with Crippen LogP contribution in [0.5, 0.6) is 11.6 Å². The highest BCUT2D eigenvalue weighted by Crippen LogP contribution is 2.32. The van der Waals surface area contributed by atoms with Crippen LogP contribution in [-0.2, 0) is 16.1 Å². The zero-order chi connectivity index (χ0) is 21.3. The lowest BCUT2D eigenvalue weighted by Gasteiger charge is -2.28. The lowest BCUT2D eigenvalue weighted by Crippen LogP contribution is -2.54. The lowest BCUT2D eigenvalue weighted by atomic mass is 9.92. The Morgan fingerprint density at radius 1 is 1.30 bits per heavy atom. The van der Waals surface area contributed by atoms with E-state index in [2.05, 4.69) is 16.0 Å². The standard InChI is InChI=1S/C21H26N4O5/c1-30-15-8-7-13-11-25(18(27)16(13)9-15)12-21(19(28)23-20(29)24-21)10-17(26)22-14-5-3-2-4-6-14/h7-9,11,14,27H,2-6,10,12H2,1H3,(H,22,26)(H2,23,24,28,29). The third-order valence-corrected chi connectivity index (χ3v) is 5.96. The molecule has 1 unspecified atom stereocenters. The first-order chi connectivity index (χ1) is 14.4. The van der Waals surface area contributed by atoms with Crippen LogP contribution in [0, 0.1) is 0 Å². The number of nitrogens with zero attached hydrogens (tertiary/aromatic N) is 1. The van der Waals surface area contributed by atoms with Gasteiger partial charge >= 0.3 is 6.03 Å². The highest BCUT2D eigenvalue weighted by Gasteiger charge is 2.48. The molecule has 1 saturated heterocycles. The number of nitrogens with one attached hydrogen (secondary N) is 3. The van der Waals surface area contributed by atoms with Crippen molar-refractivity contribution in [3.8, 4) is 11.6 Å². The molecule has 160 valence electrons. The van der Waals surface area contributed by atoms with E-state index in [-0.39, 0.29) is 30.8 Å². The Kier molecular flexibility index (Phi) is 5.27. The first-order valence-corrected chi connectivity index (χ1v) is 10.2. The second-order valence-corrected chi connectivity index (χ2v) is 8.10. The number of imide groups is 1. The number of ether oxygens (including phenoxy) is 1. The van der Waals surface area contributed by atoms with Gasteiger partial charge in [-0.15, -0.1) is 0 Å². The van der Waals surface area contributed by atoms with Crippen molar-refractivity contribution in [3.05, 3.63) is 24.4 Å². The maximum absolute atomic E-state index is 12.7. The van der Waals surface area contributed by atoms with E-state index in [1.54, 1.807) is 24.4 Å². The van der Waals surface area contributed by atoms with Gasteiger partial charge < -0.3 is 25.0 Å².